The highest BCUT2D eigenvalue weighted by atomic mass is 35.5. The second-order valence-corrected chi connectivity index (χ2v) is 5.37. The minimum absolute atomic E-state index is 0.129. The molecule has 0 spiro atoms. The lowest BCUT2D eigenvalue weighted by Gasteiger charge is -2.17. The molecule has 0 fully saturated rings. The fourth-order valence-corrected chi connectivity index (χ4v) is 2.58. The fraction of sp³-hybridized carbons (Fsp3) is 0.154. The molecule has 3 N–H and O–H groups in total. The maximum atomic E-state index is 6.09. The average molecular weight is 317 g/mol. The van der Waals surface area contributed by atoms with Crippen LogP contribution in [-0.4, -0.2) is 4.98 Å². The first-order valence-corrected chi connectivity index (χ1v) is 6.74. The molecule has 0 aliphatic heterocycles. The summed E-state index contributed by atoms with van der Waals surface area (Å²) in [6.45, 7) is 0. The second-order valence-electron chi connectivity index (χ2n) is 4.09. The number of benzene rings is 1. The molecule has 0 saturated heterocycles. The maximum absolute atomic E-state index is 6.09. The van der Waals surface area contributed by atoms with Crippen molar-refractivity contribution in [3.8, 4) is 0 Å². The van der Waals surface area contributed by atoms with E-state index in [2.05, 4.69) is 10.4 Å². The molecule has 0 amide bonds. The first-order chi connectivity index (χ1) is 9.10. The molecule has 1 atom stereocenters. The van der Waals surface area contributed by atoms with Crippen LogP contribution in [0, 0.1) is 0 Å². The minimum atomic E-state index is -0.129. The smallest absolute Gasteiger partial charge is 0.0622 e. The third kappa shape index (κ3) is 3.81. The molecule has 2 rings (SSSR count). The molecular formula is C13H12Cl3N3. The van der Waals surface area contributed by atoms with Crippen molar-refractivity contribution in [2.24, 2.45) is 5.84 Å². The van der Waals surface area contributed by atoms with Crippen molar-refractivity contribution >= 4 is 34.8 Å². The highest BCUT2D eigenvalue weighted by Gasteiger charge is 2.14. The van der Waals surface area contributed by atoms with E-state index in [1.165, 1.54) is 0 Å². The maximum Gasteiger partial charge on any atom is 0.0622 e. The average Bonchev–Trinajstić information content (AvgIpc) is 2.36. The molecule has 0 aliphatic carbocycles. The normalized spacial score (nSPS) is 12.4. The largest absolute Gasteiger partial charge is 0.271 e. The summed E-state index contributed by atoms with van der Waals surface area (Å²) in [5.41, 5.74) is 4.62. The topological polar surface area (TPSA) is 50.9 Å². The number of hydrazine groups is 1. The van der Waals surface area contributed by atoms with Crippen molar-refractivity contribution in [2.45, 2.75) is 12.5 Å². The lowest BCUT2D eigenvalue weighted by Crippen LogP contribution is -2.29. The Hall–Kier alpha value is -0.840. The van der Waals surface area contributed by atoms with Gasteiger partial charge in [0.2, 0.25) is 0 Å². The van der Waals surface area contributed by atoms with Gasteiger partial charge in [-0.25, -0.2) is 0 Å². The van der Waals surface area contributed by atoms with E-state index >= 15 is 0 Å². The molecule has 0 aliphatic rings. The quantitative estimate of drug-likeness (QED) is 0.666. The van der Waals surface area contributed by atoms with E-state index in [9.17, 15) is 0 Å². The van der Waals surface area contributed by atoms with Gasteiger partial charge in [0.25, 0.3) is 0 Å². The number of nitrogens with two attached hydrogens (primary N) is 1. The molecule has 1 aromatic carbocycles. The van der Waals surface area contributed by atoms with E-state index in [4.69, 9.17) is 40.6 Å². The van der Waals surface area contributed by atoms with E-state index in [1.807, 2.05) is 18.2 Å². The summed E-state index contributed by atoms with van der Waals surface area (Å²) in [4.78, 5) is 3.95. The van der Waals surface area contributed by atoms with Gasteiger partial charge in [-0.15, -0.1) is 0 Å². The Kier molecular flexibility index (Phi) is 5.02. The van der Waals surface area contributed by atoms with Gasteiger partial charge in [0, 0.05) is 22.4 Å². The number of halogens is 3. The first-order valence-electron chi connectivity index (χ1n) is 5.60. The molecule has 1 unspecified atom stereocenters. The summed E-state index contributed by atoms with van der Waals surface area (Å²) >= 11 is 18.1. The molecular weight excluding hydrogens is 305 g/mol. The summed E-state index contributed by atoms with van der Waals surface area (Å²) < 4.78 is 0. The van der Waals surface area contributed by atoms with Crippen molar-refractivity contribution in [3.05, 3.63) is 62.9 Å². The Balaban J connectivity index is 2.28. The zero-order valence-electron chi connectivity index (χ0n) is 9.91. The summed E-state index contributed by atoms with van der Waals surface area (Å²) in [5.74, 6) is 5.61. The molecule has 6 heteroatoms. The van der Waals surface area contributed by atoms with Crippen LogP contribution in [0.4, 0.5) is 0 Å². The zero-order valence-corrected chi connectivity index (χ0v) is 12.2. The summed E-state index contributed by atoms with van der Waals surface area (Å²) in [6.07, 6.45) is 3.92. The standard InChI is InChI=1S/C13H12Cl3N3/c14-10-3-9(4-11(15)6-10)13(19-17)5-8-1-2-18-7-12(8)16/h1-4,6-7,13,19H,5,17H2. The molecule has 0 radical (unpaired) electrons. The molecule has 19 heavy (non-hydrogen) atoms. The van der Waals surface area contributed by atoms with Crippen molar-refractivity contribution in [1.82, 2.24) is 10.4 Å². The highest BCUT2D eigenvalue weighted by molar-refractivity contribution is 6.34. The van der Waals surface area contributed by atoms with E-state index < -0.39 is 0 Å². The van der Waals surface area contributed by atoms with Crippen molar-refractivity contribution in [2.75, 3.05) is 0 Å². The lowest BCUT2D eigenvalue weighted by molar-refractivity contribution is 0.552. The summed E-state index contributed by atoms with van der Waals surface area (Å²) in [5, 5.41) is 1.75. The third-order valence-electron chi connectivity index (χ3n) is 2.77. The monoisotopic (exact) mass is 315 g/mol. The van der Waals surface area contributed by atoms with Crippen LogP contribution in [0.1, 0.15) is 17.2 Å². The lowest BCUT2D eigenvalue weighted by atomic mass is 10.00. The van der Waals surface area contributed by atoms with Crippen LogP contribution >= 0.6 is 34.8 Å². The van der Waals surface area contributed by atoms with Gasteiger partial charge < -0.3 is 0 Å². The van der Waals surface area contributed by atoms with E-state index in [-0.39, 0.29) is 6.04 Å². The molecule has 1 heterocycles. The second kappa shape index (κ2) is 6.55. The van der Waals surface area contributed by atoms with E-state index in [0.717, 1.165) is 11.1 Å². The number of pyridine rings is 1. The zero-order chi connectivity index (χ0) is 13.8. The van der Waals surface area contributed by atoms with Crippen LogP contribution in [0.25, 0.3) is 0 Å². The number of nitrogens with zero attached hydrogens (tertiary/aromatic N) is 1. The Morgan fingerprint density at radius 3 is 2.42 bits per heavy atom. The minimum Gasteiger partial charge on any atom is -0.271 e. The van der Waals surface area contributed by atoms with Crippen LogP contribution in [0.2, 0.25) is 15.1 Å². The van der Waals surface area contributed by atoms with Crippen molar-refractivity contribution in [1.29, 1.82) is 0 Å². The Bertz CT molecular complexity index is 555. The summed E-state index contributed by atoms with van der Waals surface area (Å²) in [6, 6.07) is 7.06. The Labute approximate surface area is 126 Å². The van der Waals surface area contributed by atoms with Crippen LogP contribution in [0.3, 0.4) is 0 Å². The predicted molar refractivity (Wildman–Crippen MR) is 79.5 cm³/mol. The molecule has 0 saturated carbocycles. The Morgan fingerprint density at radius 2 is 1.84 bits per heavy atom. The first kappa shape index (κ1) is 14.6. The third-order valence-corrected chi connectivity index (χ3v) is 3.55. The molecule has 2 aromatic rings. The fourth-order valence-electron chi connectivity index (χ4n) is 1.84. The van der Waals surface area contributed by atoms with E-state index in [1.54, 1.807) is 18.5 Å². The number of nitrogens with one attached hydrogen (secondary N) is 1. The van der Waals surface area contributed by atoms with Gasteiger partial charge in [0.1, 0.15) is 0 Å². The van der Waals surface area contributed by atoms with Gasteiger partial charge in [0.15, 0.2) is 0 Å². The van der Waals surface area contributed by atoms with Gasteiger partial charge in [-0.3, -0.25) is 16.3 Å². The van der Waals surface area contributed by atoms with Gasteiger partial charge in [0.05, 0.1) is 11.1 Å². The molecule has 100 valence electrons. The van der Waals surface area contributed by atoms with Gasteiger partial charge in [-0.1, -0.05) is 34.8 Å². The number of rotatable bonds is 4. The van der Waals surface area contributed by atoms with Gasteiger partial charge in [-0.2, -0.15) is 0 Å². The van der Waals surface area contributed by atoms with Crippen LogP contribution in [-0.2, 0) is 6.42 Å². The van der Waals surface area contributed by atoms with Gasteiger partial charge in [-0.05, 0) is 41.8 Å². The van der Waals surface area contributed by atoms with Crippen molar-refractivity contribution in [3.63, 3.8) is 0 Å². The van der Waals surface area contributed by atoms with Crippen LogP contribution in [0.15, 0.2) is 36.7 Å². The van der Waals surface area contributed by atoms with E-state index in [0.29, 0.717) is 21.5 Å². The number of hydrogen-bond acceptors (Lipinski definition) is 3. The SMILES string of the molecule is NNC(Cc1ccncc1Cl)c1cc(Cl)cc(Cl)c1. The predicted octanol–water partition coefficient (Wildman–Crippen LogP) is 3.79. The highest BCUT2D eigenvalue weighted by Crippen LogP contribution is 2.27. The molecule has 1 aromatic heterocycles. The number of hydrogen-bond donors (Lipinski definition) is 2. The van der Waals surface area contributed by atoms with Crippen LogP contribution in [0.5, 0.6) is 0 Å². The van der Waals surface area contributed by atoms with Gasteiger partial charge >= 0.3 is 0 Å². The molecule has 3 nitrogen and oxygen atoms in total. The van der Waals surface area contributed by atoms with Crippen LogP contribution < -0.4 is 11.3 Å². The Morgan fingerprint density at radius 1 is 1.16 bits per heavy atom. The number of aromatic nitrogens is 1. The summed E-state index contributed by atoms with van der Waals surface area (Å²) in [7, 11) is 0. The molecule has 0 bridgehead atoms. The van der Waals surface area contributed by atoms with Crippen molar-refractivity contribution < 1.29 is 0 Å².